The van der Waals surface area contributed by atoms with E-state index in [1.54, 1.807) is 22.9 Å². The van der Waals surface area contributed by atoms with Crippen LogP contribution in [0.2, 0.25) is 5.02 Å². The van der Waals surface area contributed by atoms with Gasteiger partial charge in [-0.2, -0.15) is 5.10 Å². The third-order valence-corrected chi connectivity index (χ3v) is 3.87. The zero-order valence-corrected chi connectivity index (χ0v) is 13.3. The van der Waals surface area contributed by atoms with Gasteiger partial charge < -0.3 is 5.11 Å². The van der Waals surface area contributed by atoms with E-state index >= 15 is 0 Å². The van der Waals surface area contributed by atoms with E-state index in [1.807, 2.05) is 36.4 Å². The van der Waals surface area contributed by atoms with Crippen molar-refractivity contribution in [3.63, 3.8) is 0 Å². The second-order valence-corrected chi connectivity index (χ2v) is 5.60. The van der Waals surface area contributed by atoms with Crippen molar-refractivity contribution in [3.8, 4) is 16.9 Å². The molecule has 0 amide bonds. The van der Waals surface area contributed by atoms with Crippen LogP contribution in [0.4, 0.5) is 0 Å². The number of rotatable bonds is 4. The summed E-state index contributed by atoms with van der Waals surface area (Å²) in [4.78, 5) is 11.3. The Morgan fingerprint density at radius 3 is 2.52 bits per heavy atom. The van der Waals surface area contributed by atoms with Gasteiger partial charge in [0.05, 0.1) is 11.4 Å². The van der Waals surface area contributed by atoms with Crippen molar-refractivity contribution in [2.24, 2.45) is 0 Å². The maximum Gasteiger partial charge on any atom is 0.356 e. The summed E-state index contributed by atoms with van der Waals surface area (Å²) in [6.45, 7) is 2.09. The maximum absolute atomic E-state index is 11.3. The molecule has 0 bridgehead atoms. The van der Waals surface area contributed by atoms with Gasteiger partial charge in [0.2, 0.25) is 0 Å². The van der Waals surface area contributed by atoms with E-state index in [4.69, 9.17) is 11.6 Å². The highest BCUT2D eigenvalue weighted by Crippen LogP contribution is 2.26. The first-order valence-corrected chi connectivity index (χ1v) is 7.65. The maximum atomic E-state index is 11.3. The van der Waals surface area contributed by atoms with E-state index in [9.17, 15) is 9.90 Å². The van der Waals surface area contributed by atoms with Crippen LogP contribution in [0.1, 0.15) is 23.0 Å². The van der Waals surface area contributed by atoms with Crippen LogP contribution < -0.4 is 0 Å². The molecular formula is C18H15ClN2O2. The fourth-order valence-electron chi connectivity index (χ4n) is 2.41. The molecule has 1 aromatic heterocycles. The number of halogens is 1. The summed E-state index contributed by atoms with van der Waals surface area (Å²) >= 11 is 6.04. The van der Waals surface area contributed by atoms with Gasteiger partial charge in [-0.05, 0) is 36.2 Å². The minimum Gasteiger partial charge on any atom is -0.476 e. The van der Waals surface area contributed by atoms with Gasteiger partial charge in [0, 0.05) is 10.6 Å². The Morgan fingerprint density at radius 2 is 1.91 bits per heavy atom. The molecule has 2 aromatic carbocycles. The predicted octanol–water partition coefficient (Wildman–Crippen LogP) is 4.45. The van der Waals surface area contributed by atoms with Crippen LogP contribution in [0, 0.1) is 0 Å². The molecular weight excluding hydrogens is 312 g/mol. The zero-order chi connectivity index (χ0) is 16.4. The molecule has 3 rings (SSSR count). The van der Waals surface area contributed by atoms with Crippen LogP contribution in [0.15, 0.2) is 54.6 Å². The molecule has 0 saturated carbocycles. The second-order valence-electron chi connectivity index (χ2n) is 5.16. The molecule has 0 spiro atoms. The quantitative estimate of drug-likeness (QED) is 0.770. The van der Waals surface area contributed by atoms with Crippen molar-refractivity contribution in [2.75, 3.05) is 0 Å². The lowest BCUT2D eigenvalue weighted by molar-refractivity contribution is 0.0690. The first kappa shape index (κ1) is 15.3. The lowest BCUT2D eigenvalue weighted by Crippen LogP contribution is -2.02. The first-order valence-electron chi connectivity index (χ1n) is 7.27. The van der Waals surface area contributed by atoms with Gasteiger partial charge in [0.1, 0.15) is 0 Å². The summed E-state index contributed by atoms with van der Waals surface area (Å²) in [7, 11) is 0. The minimum absolute atomic E-state index is 0.000423. The first-order chi connectivity index (χ1) is 11.1. The molecule has 0 unspecified atom stereocenters. The van der Waals surface area contributed by atoms with Crippen molar-refractivity contribution in [3.05, 3.63) is 70.9 Å². The Labute approximate surface area is 139 Å². The van der Waals surface area contributed by atoms with Crippen molar-refractivity contribution in [1.29, 1.82) is 0 Å². The van der Waals surface area contributed by atoms with Crippen molar-refractivity contribution >= 4 is 17.6 Å². The molecule has 0 aliphatic carbocycles. The van der Waals surface area contributed by atoms with Gasteiger partial charge in [-0.15, -0.1) is 0 Å². The van der Waals surface area contributed by atoms with E-state index in [-0.39, 0.29) is 5.69 Å². The standard InChI is InChI=1S/C18H15ClN2O2/c1-2-12-6-8-13(9-7-12)17-11-16(18(22)23)20-21(17)15-5-3-4-14(19)10-15/h3-11H,2H2,1H3,(H,22,23). The Bertz CT molecular complexity index is 854. The van der Waals surface area contributed by atoms with Gasteiger partial charge in [-0.3, -0.25) is 0 Å². The molecule has 0 aliphatic rings. The summed E-state index contributed by atoms with van der Waals surface area (Å²) in [5.74, 6) is -1.06. The number of aromatic carboxylic acids is 1. The fraction of sp³-hybridized carbons (Fsp3) is 0.111. The molecule has 5 heteroatoms. The van der Waals surface area contributed by atoms with Gasteiger partial charge in [0.15, 0.2) is 5.69 Å². The molecule has 23 heavy (non-hydrogen) atoms. The third-order valence-electron chi connectivity index (χ3n) is 3.64. The van der Waals surface area contributed by atoms with E-state index in [1.165, 1.54) is 5.56 Å². The Morgan fingerprint density at radius 1 is 1.17 bits per heavy atom. The molecule has 116 valence electrons. The SMILES string of the molecule is CCc1ccc(-c2cc(C(=O)O)nn2-c2cccc(Cl)c2)cc1. The van der Waals surface area contributed by atoms with Crippen LogP contribution in [0.5, 0.6) is 0 Å². The molecule has 0 aliphatic heterocycles. The van der Waals surface area contributed by atoms with Crippen LogP contribution >= 0.6 is 11.6 Å². The van der Waals surface area contributed by atoms with E-state index in [0.29, 0.717) is 10.7 Å². The molecule has 0 saturated heterocycles. The van der Waals surface area contributed by atoms with Gasteiger partial charge >= 0.3 is 5.97 Å². The lowest BCUT2D eigenvalue weighted by atomic mass is 10.1. The molecule has 0 atom stereocenters. The average Bonchev–Trinajstić information content (AvgIpc) is 3.00. The number of nitrogens with zero attached hydrogens (tertiary/aromatic N) is 2. The molecule has 0 radical (unpaired) electrons. The second kappa shape index (κ2) is 6.26. The minimum atomic E-state index is -1.06. The lowest BCUT2D eigenvalue weighted by Gasteiger charge is -2.08. The summed E-state index contributed by atoms with van der Waals surface area (Å²) in [6, 6.07) is 16.8. The average molecular weight is 327 g/mol. The monoisotopic (exact) mass is 326 g/mol. The van der Waals surface area contributed by atoms with Gasteiger partial charge in [-0.1, -0.05) is 48.9 Å². The van der Waals surface area contributed by atoms with Crippen LogP contribution in [-0.4, -0.2) is 20.9 Å². The fourth-order valence-corrected chi connectivity index (χ4v) is 2.59. The summed E-state index contributed by atoms with van der Waals surface area (Å²) in [5.41, 5.74) is 3.56. The molecule has 4 nitrogen and oxygen atoms in total. The van der Waals surface area contributed by atoms with E-state index < -0.39 is 5.97 Å². The molecule has 1 N–H and O–H groups in total. The van der Waals surface area contributed by atoms with E-state index in [0.717, 1.165) is 17.7 Å². The number of hydrogen-bond donors (Lipinski definition) is 1. The molecule has 0 fully saturated rings. The Kier molecular flexibility index (Phi) is 4.17. The third kappa shape index (κ3) is 3.12. The summed E-state index contributed by atoms with van der Waals surface area (Å²) in [5, 5.41) is 14.0. The number of hydrogen-bond acceptors (Lipinski definition) is 2. The van der Waals surface area contributed by atoms with Gasteiger partial charge in [-0.25, -0.2) is 9.48 Å². The van der Waals surface area contributed by atoms with Crippen LogP contribution in [0.25, 0.3) is 16.9 Å². The molecule has 3 aromatic rings. The smallest absolute Gasteiger partial charge is 0.356 e. The highest BCUT2D eigenvalue weighted by molar-refractivity contribution is 6.30. The normalized spacial score (nSPS) is 10.7. The van der Waals surface area contributed by atoms with Crippen LogP contribution in [0.3, 0.4) is 0 Å². The van der Waals surface area contributed by atoms with Crippen molar-refractivity contribution < 1.29 is 9.90 Å². The summed E-state index contributed by atoms with van der Waals surface area (Å²) < 4.78 is 1.61. The highest BCUT2D eigenvalue weighted by atomic mass is 35.5. The number of aryl methyl sites for hydroxylation is 1. The topological polar surface area (TPSA) is 55.1 Å². The van der Waals surface area contributed by atoms with Crippen molar-refractivity contribution in [2.45, 2.75) is 13.3 Å². The van der Waals surface area contributed by atoms with E-state index in [2.05, 4.69) is 12.0 Å². The predicted molar refractivity (Wildman–Crippen MR) is 90.3 cm³/mol. The largest absolute Gasteiger partial charge is 0.476 e. The molecule has 1 heterocycles. The Balaban J connectivity index is 2.16. The van der Waals surface area contributed by atoms with Crippen LogP contribution in [-0.2, 0) is 6.42 Å². The zero-order valence-electron chi connectivity index (χ0n) is 12.5. The Hall–Kier alpha value is -2.59. The number of benzene rings is 2. The number of carboxylic acids is 1. The number of carboxylic acid groups (broad SMARTS) is 1. The highest BCUT2D eigenvalue weighted by Gasteiger charge is 2.16. The van der Waals surface area contributed by atoms with Crippen molar-refractivity contribution in [1.82, 2.24) is 9.78 Å². The summed E-state index contributed by atoms with van der Waals surface area (Å²) in [6.07, 6.45) is 0.953. The number of carbonyl (C=O) groups is 1. The number of aromatic nitrogens is 2. The van der Waals surface area contributed by atoms with Gasteiger partial charge in [0.25, 0.3) is 0 Å².